The van der Waals surface area contributed by atoms with Crippen LogP contribution in [0.15, 0.2) is 12.7 Å². The van der Waals surface area contributed by atoms with Crippen LogP contribution in [0.4, 0.5) is 0 Å². The zero-order chi connectivity index (χ0) is 8.91. The molecular weight excluding hydrogens is 156 g/mol. The molecule has 0 amide bonds. The Morgan fingerprint density at radius 2 is 2.09 bits per heavy atom. The van der Waals surface area contributed by atoms with Gasteiger partial charge in [0.2, 0.25) is 0 Å². The highest BCUT2D eigenvalue weighted by Gasteiger charge is 2.25. The highest BCUT2D eigenvalue weighted by atomic mass is 28.4. The van der Waals surface area contributed by atoms with Crippen molar-refractivity contribution in [1.29, 1.82) is 0 Å². The SMILES string of the molecule is C=CC(C)O[Si](C)(C)OCC. The van der Waals surface area contributed by atoms with Crippen LogP contribution in [0.5, 0.6) is 0 Å². The molecule has 1 atom stereocenters. The first-order chi connectivity index (χ1) is 5.02. The maximum atomic E-state index is 5.63. The van der Waals surface area contributed by atoms with E-state index >= 15 is 0 Å². The molecule has 0 aromatic heterocycles. The van der Waals surface area contributed by atoms with Crippen molar-refractivity contribution in [1.82, 2.24) is 0 Å². The van der Waals surface area contributed by atoms with Crippen molar-refractivity contribution in [2.45, 2.75) is 33.0 Å². The Labute approximate surface area is 70.5 Å². The smallest absolute Gasteiger partial charge is 0.332 e. The molecule has 0 aliphatic heterocycles. The maximum absolute atomic E-state index is 5.63. The van der Waals surface area contributed by atoms with Gasteiger partial charge in [-0.15, -0.1) is 6.58 Å². The maximum Gasteiger partial charge on any atom is 0.332 e. The molecule has 0 radical (unpaired) electrons. The second-order valence-corrected chi connectivity index (χ2v) is 6.22. The lowest BCUT2D eigenvalue weighted by Gasteiger charge is -2.24. The minimum Gasteiger partial charge on any atom is -0.395 e. The molecule has 2 nitrogen and oxygen atoms in total. The second kappa shape index (κ2) is 4.69. The molecule has 0 heterocycles. The summed E-state index contributed by atoms with van der Waals surface area (Å²) >= 11 is 0. The van der Waals surface area contributed by atoms with Crippen molar-refractivity contribution in [2.24, 2.45) is 0 Å². The third-order valence-corrected chi connectivity index (χ3v) is 3.22. The Morgan fingerprint density at radius 1 is 1.55 bits per heavy atom. The summed E-state index contributed by atoms with van der Waals surface area (Å²) in [4.78, 5) is 0. The van der Waals surface area contributed by atoms with E-state index in [-0.39, 0.29) is 6.10 Å². The summed E-state index contributed by atoms with van der Waals surface area (Å²) < 4.78 is 11.1. The van der Waals surface area contributed by atoms with Gasteiger partial charge in [-0.25, -0.2) is 0 Å². The fourth-order valence-electron chi connectivity index (χ4n) is 0.877. The van der Waals surface area contributed by atoms with Crippen LogP contribution >= 0.6 is 0 Å². The van der Waals surface area contributed by atoms with Gasteiger partial charge in [0.25, 0.3) is 0 Å². The molecule has 0 spiro atoms. The molecule has 0 bridgehead atoms. The summed E-state index contributed by atoms with van der Waals surface area (Å²) in [5, 5.41) is 0. The van der Waals surface area contributed by atoms with E-state index in [4.69, 9.17) is 8.85 Å². The molecule has 0 aliphatic carbocycles. The van der Waals surface area contributed by atoms with E-state index in [1.54, 1.807) is 6.08 Å². The molecule has 0 aliphatic rings. The standard InChI is InChI=1S/C8H18O2Si/c1-6-8(3)10-11(4,5)9-7-2/h6,8H,1,7H2,2-5H3. The molecule has 0 aromatic carbocycles. The highest BCUT2D eigenvalue weighted by molar-refractivity contribution is 6.64. The molecule has 0 rings (SSSR count). The van der Waals surface area contributed by atoms with Crippen LogP contribution in [0.1, 0.15) is 13.8 Å². The molecule has 3 heteroatoms. The van der Waals surface area contributed by atoms with Gasteiger partial charge in [-0.3, -0.25) is 0 Å². The van der Waals surface area contributed by atoms with Crippen LogP contribution < -0.4 is 0 Å². The second-order valence-electron chi connectivity index (χ2n) is 2.89. The Hall–Kier alpha value is -0.123. The quantitative estimate of drug-likeness (QED) is 0.470. The average molecular weight is 174 g/mol. The monoisotopic (exact) mass is 174 g/mol. The van der Waals surface area contributed by atoms with E-state index < -0.39 is 8.56 Å². The predicted molar refractivity (Wildman–Crippen MR) is 49.9 cm³/mol. The van der Waals surface area contributed by atoms with E-state index in [0.29, 0.717) is 0 Å². The first-order valence-electron chi connectivity index (χ1n) is 3.96. The molecule has 0 saturated heterocycles. The van der Waals surface area contributed by atoms with Gasteiger partial charge in [0, 0.05) is 6.61 Å². The Morgan fingerprint density at radius 3 is 2.45 bits per heavy atom. The lowest BCUT2D eigenvalue weighted by Crippen LogP contribution is -2.37. The molecule has 66 valence electrons. The van der Waals surface area contributed by atoms with E-state index in [0.717, 1.165) is 6.61 Å². The van der Waals surface area contributed by atoms with Crippen molar-refractivity contribution in [3.8, 4) is 0 Å². The summed E-state index contributed by atoms with van der Waals surface area (Å²) in [5.74, 6) is 0. The summed E-state index contributed by atoms with van der Waals surface area (Å²) in [6.45, 7) is 12.4. The van der Waals surface area contributed by atoms with Gasteiger partial charge in [0.15, 0.2) is 0 Å². The molecule has 0 aromatic rings. The van der Waals surface area contributed by atoms with Crippen LogP contribution in [-0.2, 0) is 8.85 Å². The minimum atomic E-state index is -1.86. The van der Waals surface area contributed by atoms with Crippen LogP contribution in [0, 0.1) is 0 Å². The summed E-state index contributed by atoms with van der Waals surface area (Å²) in [5.41, 5.74) is 0. The van der Waals surface area contributed by atoms with E-state index in [2.05, 4.69) is 6.58 Å². The first-order valence-corrected chi connectivity index (χ1v) is 6.78. The van der Waals surface area contributed by atoms with Gasteiger partial charge in [-0.05, 0) is 26.9 Å². The summed E-state index contributed by atoms with van der Waals surface area (Å²) in [7, 11) is -1.86. The van der Waals surface area contributed by atoms with E-state index in [1.165, 1.54) is 0 Å². The van der Waals surface area contributed by atoms with Crippen LogP contribution in [0.2, 0.25) is 13.1 Å². The number of hydrogen-bond acceptors (Lipinski definition) is 2. The van der Waals surface area contributed by atoms with E-state index in [1.807, 2.05) is 26.9 Å². The van der Waals surface area contributed by atoms with Crippen molar-refractivity contribution in [3.63, 3.8) is 0 Å². The number of rotatable bonds is 5. The van der Waals surface area contributed by atoms with Crippen LogP contribution in [-0.4, -0.2) is 21.3 Å². The number of hydrogen-bond donors (Lipinski definition) is 0. The van der Waals surface area contributed by atoms with Crippen molar-refractivity contribution in [2.75, 3.05) is 6.61 Å². The van der Waals surface area contributed by atoms with Gasteiger partial charge in [-0.2, -0.15) is 0 Å². The first kappa shape index (κ1) is 10.9. The Balaban J connectivity index is 3.79. The van der Waals surface area contributed by atoms with Gasteiger partial charge in [0.05, 0.1) is 6.10 Å². The molecular formula is C8H18O2Si. The largest absolute Gasteiger partial charge is 0.395 e. The van der Waals surface area contributed by atoms with Crippen LogP contribution in [0.25, 0.3) is 0 Å². The van der Waals surface area contributed by atoms with Gasteiger partial charge < -0.3 is 8.85 Å². The summed E-state index contributed by atoms with van der Waals surface area (Å²) in [6, 6.07) is 0. The predicted octanol–water partition coefficient (Wildman–Crippen LogP) is 2.32. The zero-order valence-electron chi connectivity index (χ0n) is 7.89. The average Bonchev–Trinajstić information content (AvgIpc) is 1.86. The molecule has 1 unspecified atom stereocenters. The fraction of sp³-hybridized carbons (Fsp3) is 0.750. The van der Waals surface area contributed by atoms with Crippen molar-refractivity contribution in [3.05, 3.63) is 12.7 Å². The van der Waals surface area contributed by atoms with Gasteiger partial charge in [-0.1, -0.05) is 6.08 Å². The zero-order valence-corrected chi connectivity index (χ0v) is 8.89. The van der Waals surface area contributed by atoms with Gasteiger partial charge in [0.1, 0.15) is 0 Å². The molecule has 0 fully saturated rings. The van der Waals surface area contributed by atoms with Crippen molar-refractivity contribution < 1.29 is 8.85 Å². The normalized spacial score (nSPS) is 14.5. The summed E-state index contributed by atoms with van der Waals surface area (Å²) in [6.07, 6.45) is 1.89. The Kier molecular flexibility index (Phi) is 4.64. The highest BCUT2D eigenvalue weighted by Crippen LogP contribution is 2.09. The van der Waals surface area contributed by atoms with E-state index in [9.17, 15) is 0 Å². The molecule has 11 heavy (non-hydrogen) atoms. The minimum absolute atomic E-state index is 0.100. The fourth-order valence-corrected chi connectivity index (χ4v) is 2.63. The van der Waals surface area contributed by atoms with Gasteiger partial charge >= 0.3 is 8.56 Å². The lowest BCUT2D eigenvalue weighted by molar-refractivity contribution is 0.162. The third-order valence-electron chi connectivity index (χ3n) is 1.29. The van der Waals surface area contributed by atoms with Crippen LogP contribution in [0.3, 0.4) is 0 Å². The third kappa shape index (κ3) is 5.18. The molecule has 0 saturated carbocycles. The lowest BCUT2D eigenvalue weighted by atomic mass is 10.4. The topological polar surface area (TPSA) is 18.5 Å². The Bertz CT molecular complexity index is 123. The molecule has 0 N–H and O–H groups in total. The van der Waals surface area contributed by atoms with Crippen molar-refractivity contribution >= 4 is 8.56 Å².